The minimum Gasteiger partial charge on any atom is -0.366 e. The number of hydrogen-bond acceptors (Lipinski definition) is 3. The number of rotatable bonds is 6. The summed E-state index contributed by atoms with van der Waals surface area (Å²) in [5.41, 5.74) is 7.58. The molecule has 0 bridgehead atoms. The van der Waals surface area contributed by atoms with Crippen molar-refractivity contribution in [3.63, 3.8) is 0 Å². The zero-order valence-electron chi connectivity index (χ0n) is 11.3. The lowest BCUT2D eigenvalue weighted by molar-refractivity contribution is -0.135. The summed E-state index contributed by atoms with van der Waals surface area (Å²) in [4.78, 5) is 11.0. The largest absolute Gasteiger partial charge is 0.366 e. The van der Waals surface area contributed by atoms with Crippen LogP contribution in [0.2, 0.25) is 0 Å². The number of methoxy groups -OCH3 is 1. The monoisotopic (exact) mass is 271 g/mol. The molecular weight excluding hydrogens is 254 g/mol. The van der Waals surface area contributed by atoms with Gasteiger partial charge in [0.15, 0.2) is 6.29 Å². The number of benzene rings is 2. The van der Waals surface area contributed by atoms with Gasteiger partial charge >= 0.3 is 0 Å². The molecule has 4 nitrogen and oxygen atoms in total. The van der Waals surface area contributed by atoms with Gasteiger partial charge in [0, 0.05) is 18.2 Å². The van der Waals surface area contributed by atoms with E-state index in [1.807, 2.05) is 30.3 Å². The molecule has 0 aliphatic heterocycles. The SMILES string of the molecule is COC(OCc1ccccc1)c1ccc(C(N)=O)cc1. The number of amides is 1. The summed E-state index contributed by atoms with van der Waals surface area (Å²) in [5.74, 6) is -0.448. The highest BCUT2D eigenvalue weighted by atomic mass is 16.7. The Bertz CT molecular complexity index is 552. The lowest BCUT2D eigenvalue weighted by Crippen LogP contribution is -2.11. The van der Waals surface area contributed by atoms with Gasteiger partial charge < -0.3 is 15.2 Å². The van der Waals surface area contributed by atoms with Crippen LogP contribution < -0.4 is 5.73 Å². The molecule has 0 spiro atoms. The van der Waals surface area contributed by atoms with Gasteiger partial charge in [0.05, 0.1) is 6.61 Å². The maximum Gasteiger partial charge on any atom is 0.248 e. The van der Waals surface area contributed by atoms with Gasteiger partial charge in [0.25, 0.3) is 0 Å². The summed E-state index contributed by atoms with van der Waals surface area (Å²) in [7, 11) is 1.58. The Labute approximate surface area is 118 Å². The van der Waals surface area contributed by atoms with Crippen LogP contribution in [0.15, 0.2) is 54.6 Å². The van der Waals surface area contributed by atoms with E-state index in [-0.39, 0.29) is 0 Å². The molecule has 0 aromatic heterocycles. The molecule has 0 radical (unpaired) electrons. The molecule has 0 aliphatic carbocycles. The number of carbonyl (C=O) groups is 1. The molecule has 2 aromatic rings. The minimum absolute atomic E-state index is 0.448. The topological polar surface area (TPSA) is 61.6 Å². The third-order valence-corrected chi connectivity index (χ3v) is 2.93. The van der Waals surface area contributed by atoms with Gasteiger partial charge in [-0.15, -0.1) is 0 Å². The van der Waals surface area contributed by atoms with Gasteiger partial charge in [0.2, 0.25) is 5.91 Å². The first-order valence-electron chi connectivity index (χ1n) is 6.29. The second-order valence-electron chi connectivity index (χ2n) is 4.35. The van der Waals surface area contributed by atoms with Crippen molar-refractivity contribution >= 4 is 5.91 Å². The van der Waals surface area contributed by atoms with Crippen LogP contribution in [0.3, 0.4) is 0 Å². The Balaban J connectivity index is 2.02. The normalized spacial score (nSPS) is 12.1. The van der Waals surface area contributed by atoms with E-state index in [0.717, 1.165) is 11.1 Å². The van der Waals surface area contributed by atoms with E-state index in [1.54, 1.807) is 31.4 Å². The van der Waals surface area contributed by atoms with Crippen LogP contribution >= 0.6 is 0 Å². The zero-order valence-corrected chi connectivity index (χ0v) is 11.3. The van der Waals surface area contributed by atoms with Crippen molar-refractivity contribution in [2.75, 3.05) is 7.11 Å². The summed E-state index contributed by atoms with van der Waals surface area (Å²) < 4.78 is 11.0. The molecule has 1 unspecified atom stereocenters. The molecule has 0 saturated heterocycles. The lowest BCUT2D eigenvalue weighted by Gasteiger charge is -2.17. The first-order valence-corrected chi connectivity index (χ1v) is 6.29. The molecule has 20 heavy (non-hydrogen) atoms. The van der Waals surface area contributed by atoms with Crippen molar-refractivity contribution in [1.82, 2.24) is 0 Å². The van der Waals surface area contributed by atoms with Gasteiger partial charge in [-0.3, -0.25) is 4.79 Å². The number of carbonyl (C=O) groups excluding carboxylic acids is 1. The fourth-order valence-corrected chi connectivity index (χ4v) is 1.85. The van der Waals surface area contributed by atoms with Gasteiger partial charge in [-0.25, -0.2) is 0 Å². The van der Waals surface area contributed by atoms with E-state index < -0.39 is 12.2 Å². The van der Waals surface area contributed by atoms with Gasteiger partial charge in [0.1, 0.15) is 0 Å². The van der Waals surface area contributed by atoms with Crippen LogP contribution in [0.5, 0.6) is 0 Å². The number of ether oxygens (including phenoxy) is 2. The zero-order chi connectivity index (χ0) is 14.4. The average Bonchev–Trinajstić information content (AvgIpc) is 2.49. The van der Waals surface area contributed by atoms with Crippen LogP contribution in [0.25, 0.3) is 0 Å². The first kappa shape index (κ1) is 14.2. The van der Waals surface area contributed by atoms with E-state index in [0.29, 0.717) is 12.2 Å². The van der Waals surface area contributed by atoms with Crippen molar-refractivity contribution < 1.29 is 14.3 Å². The average molecular weight is 271 g/mol. The molecule has 4 heteroatoms. The smallest absolute Gasteiger partial charge is 0.248 e. The predicted octanol–water partition coefficient (Wildman–Crippen LogP) is 2.65. The summed E-state index contributed by atoms with van der Waals surface area (Å²) >= 11 is 0. The second kappa shape index (κ2) is 6.84. The van der Waals surface area contributed by atoms with E-state index >= 15 is 0 Å². The Kier molecular flexibility index (Phi) is 4.87. The van der Waals surface area contributed by atoms with E-state index in [9.17, 15) is 4.79 Å². The van der Waals surface area contributed by atoms with Crippen molar-refractivity contribution in [3.8, 4) is 0 Å². The third-order valence-electron chi connectivity index (χ3n) is 2.93. The standard InChI is InChI=1S/C16H17NO3/c1-19-16(20-11-12-5-3-2-4-6-12)14-9-7-13(8-10-14)15(17)18/h2-10,16H,11H2,1H3,(H2,17,18). The highest BCUT2D eigenvalue weighted by Gasteiger charge is 2.11. The van der Waals surface area contributed by atoms with Crippen LogP contribution in [0, 0.1) is 0 Å². The van der Waals surface area contributed by atoms with Gasteiger partial charge in [-0.1, -0.05) is 42.5 Å². The van der Waals surface area contributed by atoms with Crippen LogP contribution in [0.4, 0.5) is 0 Å². The molecule has 2 rings (SSSR count). The maximum atomic E-state index is 11.0. The van der Waals surface area contributed by atoms with Gasteiger partial charge in [-0.05, 0) is 17.7 Å². The molecular formula is C16H17NO3. The third kappa shape index (κ3) is 3.66. The van der Waals surface area contributed by atoms with Crippen LogP contribution in [-0.4, -0.2) is 13.0 Å². The fourth-order valence-electron chi connectivity index (χ4n) is 1.85. The first-order chi connectivity index (χ1) is 9.70. The molecule has 2 N–H and O–H groups in total. The van der Waals surface area contributed by atoms with Crippen molar-refractivity contribution in [1.29, 1.82) is 0 Å². The summed E-state index contributed by atoms with van der Waals surface area (Å²) in [6.45, 7) is 0.455. The number of primary amides is 1. The molecule has 2 aromatic carbocycles. The van der Waals surface area contributed by atoms with Gasteiger partial charge in [-0.2, -0.15) is 0 Å². The molecule has 1 atom stereocenters. The van der Waals surface area contributed by atoms with Crippen LogP contribution in [0.1, 0.15) is 27.8 Å². The summed E-state index contributed by atoms with van der Waals surface area (Å²) in [5, 5.41) is 0. The fraction of sp³-hybridized carbons (Fsp3) is 0.188. The molecule has 0 saturated carbocycles. The van der Waals surface area contributed by atoms with Crippen molar-refractivity contribution in [3.05, 3.63) is 71.3 Å². The predicted molar refractivity (Wildman–Crippen MR) is 75.9 cm³/mol. The number of nitrogens with two attached hydrogens (primary N) is 1. The molecule has 104 valence electrons. The maximum absolute atomic E-state index is 11.0. The second-order valence-corrected chi connectivity index (χ2v) is 4.35. The minimum atomic E-state index is -0.475. The Hall–Kier alpha value is -2.17. The number of hydrogen-bond donors (Lipinski definition) is 1. The lowest BCUT2D eigenvalue weighted by atomic mass is 10.1. The van der Waals surface area contributed by atoms with Crippen molar-refractivity contribution in [2.45, 2.75) is 12.9 Å². The Morgan fingerprint density at radius 2 is 1.75 bits per heavy atom. The molecule has 0 fully saturated rings. The van der Waals surface area contributed by atoms with E-state index in [2.05, 4.69) is 0 Å². The summed E-state index contributed by atoms with van der Waals surface area (Å²) in [6.07, 6.45) is -0.475. The Morgan fingerprint density at radius 3 is 2.30 bits per heavy atom. The highest BCUT2D eigenvalue weighted by Crippen LogP contribution is 2.20. The Morgan fingerprint density at radius 1 is 1.10 bits per heavy atom. The quantitative estimate of drug-likeness (QED) is 0.821. The van der Waals surface area contributed by atoms with Crippen LogP contribution in [-0.2, 0) is 16.1 Å². The molecule has 0 aliphatic rings. The summed E-state index contributed by atoms with van der Waals surface area (Å²) in [6, 6.07) is 16.7. The van der Waals surface area contributed by atoms with E-state index in [1.165, 1.54) is 0 Å². The molecule has 0 heterocycles. The molecule has 1 amide bonds. The highest BCUT2D eigenvalue weighted by molar-refractivity contribution is 5.92. The van der Waals surface area contributed by atoms with E-state index in [4.69, 9.17) is 15.2 Å². The van der Waals surface area contributed by atoms with Crippen molar-refractivity contribution in [2.24, 2.45) is 5.73 Å².